The minimum Gasteiger partial charge on any atom is -0.394 e. The molecule has 124 valence electrons. The third-order valence-electron chi connectivity index (χ3n) is 3.43. The number of nitrogens with one attached hydrogen (secondary N) is 2. The molecule has 5 nitrogen and oxygen atoms in total. The first-order chi connectivity index (χ1) is 10.2. The van der Waals surface area contributed by atoms with E-state index in [0.717, 1.165) is 24.3 Å². The number of carbonyl (C=O) groups excluding carboxylic acids is 1. The third kappa shape index (κ3) is 6.35. The minimum absolute atomic E-state index is 0.0461. The number of hydrogen-bond acceptors (Lipinski definition) is 3. The molecule has 1 unspecified atom stereocenters. The van der Waals surface area contributed by atoms with Crippen LogP contribution in [0, 0.1) is 5.41 Å². The summed E-state index contributed by atoms with van der Waals surface area (Å²) in [5.41, 5.74) is 1.83. The van der Waals surface area contributed by atoms with Crippen LogP contribution in [0.1, 0.15) is 34.1 Å². The average Bonchev–Trinajstić information content (AvgIpc) is 2.44. The Hall–Kier alpha value is -1.75. The molecule has 1 aromatic rings. The van der Waals surface area contributed by atoms with Crippen molar-refractivity contribution in [2.45, 2.75) is 40.2 Å². The van der Waals surface area contributed by atoms with Gasteiger partial charge in [0.25, 0.3) is 0 Å². The molecule has 0 fully saturated rings. The molecule has 0 spiro atoms. The Labute approximate surface area is 133 Å². The summed E-state index contributed by atoms with van der Waals surface area (Å²) in [5.74, 6) is 0. The summed E-state index contributed by atoms with van der Waals surface area (Å²) in [5, 5.41) is 15.0. The van der Waals surface area contributed by atoms with Crippen LogP contribution in [0.3, 0.4) is 0 Å². The molecule has 22 heavy (non-hydrogen) atoms. The van der Waals surface area contributed by atoms with Gasteiger partial charge in [0.15, 0.2) is 0 Å². The van der Waals surface area contributed by atoms with Gasteiger partial charge in [-0.1, -0.05) is 26.8 Å². The lowest BCUT2D eigenvalue weighted by atomic mass is 9.88. The van der Waals surface area contributed by atoms with E-state index in [4.69, 9.17) is 0 Å². The maximum absolute atomic E-state index is 12.1. The number of aliphatic hydroxyl groups excluding tert-OH is 1. The SMILES string of the molecule is CCN(C)c1cccc(NC(=O)NC(CO)CC(C)(C)C)c1. The molecule has 3 N–H and O–H groups in total. The van der Waals surface area contributed by atoms with E-state index >= 15 is 0 Å². The van der Waals surface area contributed by atoms with Crippen LogP contribution < -0.4 is 15.5 Å². The fraction of sp³-hybridized carbons (Fsp3) is 0.588. The standard InChI is InChI=1S/C17H29N3O2/c1-6-20(5)15-9-7-8-13(10-15)18-16(22)19-14(12-21)11-17(2,3)4/h7-10,14,21H,6,11-12H2,1-5H3,(H2,18,19,22). The molecule has 0 bridgehead atoms. The summed E-state index contributed by atoms with van der Waals surface area (Å²) in [7, 11) is 2.00. The molecule has 0 aliphatic carbocycles. The molecule has 1 rings (SSSR count). The number of aliphatic hydroxyl groups is 1. The Balaban J connectivity index is 2.64. The van der Waals surface area contributed by atoms with E-state index in [9.17, 15) is 9.90 Å². The highest BCUT2D eigenvalue weighted by Crippen LogP contribution is 2.21. The summed E-state index contributed by atoms with van der Waals surface area (Å²) in [4.78, 5) is 14.2. The van der Waals surface area contributed by atoms with Gasteiger partial charge in [0.05, 0.1) is 12.6 Å². The number of carbonyl (C=O) groups is 1. The lowest BCUT2D eigenvalue weighted by Gasteiger charge is -2.25. The highest BCUT2D eigenvalue weighted by atomic mass is 16.3. The van der Waals surface area contributed by atoms with Gasteiger partial charge in [0.1, 0.15) is 0 Å². The molecule has 0 heterocycles. The second-order valence-corrected chi connectivity index (χ2v) is 6.81. The number of nitrogens with zero attached hydrogens (tertiary/aromatic N) is 1. The second-order valence-electron chi connectivity index (χ2n) is 6.81. The van der Waals surface area contributed by atoms with Crippen LogP contribution in [0.4, 0.5) is 16.2 Å². The van der Waals surface area contributed by atoms with Crippen molar-refractivity contribution in [1.82, 2.24) is 5.32 Å². The quantitative estimate of drug-likeness (QED) is 0.757. The van der Waals surface area contributed by atoms with E-state index < -0.39 is 0 Å². The van der Waals surface area contributed by atoms with E-state index in [1.807, 2.05) is 31.3 Å². The van der Waals surface area contributed by atoms with Crippen molar-refractivity contribution in [3.8, 4) is 0 Å². The zero-order valence-electron chi connectivity index (χ0n) is 14.3. The van der Waals surface area contributed by atoms with E-state index in [2.05, 4.69) is 43.2 Å². The van der Waals surface area contributed by atoms with Crippen molar-refractivity contribution in [3.63, 3.8) is 0 Å². The van der Waals surface area contributed by atoms with Gasteiger partial charge in [-0.05, 0) is 37.0 Å². The Morgan fingerprint density at radius 3 is 2.59 bits per heavy atom. The van der Waals surface area contributed by atoms with Gasteiger partial charge in [-0.3, -0.25) is 0 Å². The summed E-state index contributed by atoms with van der Waals surface area (Å²) in [6, 6.07) is 7.16. The van der Waals surface area contributed by atoms with Crippen molar-refractivity contribution >= 4 is 17.4 Å². The smallest absolute Gasteiger partial charge is 0.319 e. The van der Waals surface area contributed by atoms with E-state index in [1.165, 1.54) is 0 Å². The zero-order valence-corrected chi connectivity index (χ0v) is 14.3. The maximum Gasteiger partial charge on any atom is 0.319 e. The fourth-order valence-electron chi connectivity index (χ4n) is 2.26. The molecule has 0 aliphatic rings. The first-order valence-corrected chi connectivity index (χ1v) is 7.74. The summed E-state index contributed by atoms with van der Waals surface area (Å²) in [6.45, 7) is 9.15. The third-order valence-corrected chi connectivity index (χ3v) is 3.43. The monoisotopic (exact) mass is 307 g/mol. The van der Waals surface area contributed by atoms with Crippen LogP contribution in [0.15, 0.2) is 24.3 Å². The summed E-state index contributed by atoms with van der Waals surface area (Å²) in [6.07, 6.45) is 0.718. The van der Waals surface area contributed by atoms with Crippen molar-refractivity contribution in [2.75, 3.05) is 30.4 Å². The Morgan fingerprint density at radius 2 is 2.05 bits per heavy atom. The number of benzene rings is 1. The van der Waals surface area contributed by atoms with Crippen LogP contribution in [0.25, 0.3) is 0 Å². The first kappa shape index (κ1) is 18.3. The molecule has 0 aliphatic heterocycles. The molecular weight excluding hydrogens is 278 g/mol. The van der Waals surface area contributed by atoms with Crippen LogP contribution in [-0.4, -0.2) is 37.4 Å². The van der Waals surface area contributed by atoms with Gasteiger partial charge in [0, 0.05) is 25.0 Å². The highest BCUT2D eigenvalue weighted by molar-refractivity contribution is 5.90. The normalized spacial score (nSPS) is 12.6. The predicted molar refractivity (Wildman–Crippen MR) is 92.5 cm³/mol. The van der Waals surface area contributed by atoms with E-state index in [-0.39, 0.29) is 24.1 Å². The predicted octanol–water partition coefficient (Wildman–Crippen LogP) is 3.06. The molecule has 0 radical (unpaired) electrons. The van der Waals surface area contributed by atoms with E-state index in [1.54, 1.807) is 0 Å². The van der Waals surface area contributed by atoms with Crippen LogP contribution in [0.2, 0.25) is 0 Å². The van der Waals surface area contributed by atoms with Crippen LogP contribution >= 0.6 is 0 Å². The highest BCUT2D eigenvalue weighted by Gasteiger charge is 2.19. The topological polar surface area (TPSA) is 64.6 Å². The molecule has 1 aromatic carbocycles. The second kappa shape index (κ2) is 8.03. The largest absolute Gasteiger partial charge is 0.394 e. The Kier molecular flexibility index (Phi) is 6.68. The number of hydrogen-bond donors (Lipinski definition) is 3. The van der Waals surface area contributed by atoms with E-state index in [0.29, 0.717) is 0 Å². The van der Waals surface area contributed by atoms with Gasteiger partial charge in [-0.25, -0.2) is 4.79 Å². The summed E-state index contributed by atoms with van der Waals surface area (Å²) >= 11 is 0. The Bertz CT molecular complexity index is 483. The zero-order chi connectivity index (χ0) is 16.8. The number of anilines is 2. The van der Waals surface area contributed by atoms with Gasteiger partial charge in [0.2, 0.25) is 0 Å². The maximum atomic E-state index is 12.1. The lowest BCUT2D eigenvalue weighted by Crippen LogP contribution is -2.42. The molecule has 0 aromatic heterocycles. The lowest BCUT2D eigenvalue weighted by molar-refractivity contribution is 0.196. The van der Waals surface area contributed by atoms with Crippen molar-refractivity contribution < 1.29 is 9.90 Å². The number of urea groups is 1. The number of amides is 2. The van der Waals surface area contributed by atoms with Crippen LogP contribution in [-0.2, 0) is 0 Å². The molecular formula is C17H29N3O2. The van der Waals surface area contributed by atoms with Crippen molar-refractivity contribution in [3.05, 3.63) is 24.3 Å². The summed E-state index contributed by atoms with van der Waals surface area (Å²) < 4.78 is 0. The molecule has 5 heteroatoms. The molecule has 0 saturated heterocycles. The minimum atomic E-state index is -0.292. The van der Waals surface area contributed by atoms with Gasteiger partial charge in [-0.2, -0.15) is 0 Å². The first-order valence-electron chi connectivity index (χ1n) is 7.74. The fourth-order valence-corrected chi connectivity index (χ4v) is 2.26. The van der Waals surface area contributed by atoms with Crippen molar-refractivity contribution in [1.29, 1.82) is 0 Å². The van der Waals surface area contributed by atoms with Gasteiger partial charge >= 0.3 is 6.03 Å². The molecule has 2 amide bonds. The molecule has 1 atom stereocenters. The molecule has 0 saturated carbocycles. The van der Waals surface area contributed by atoms with Crippen molar-refractivity contribution in [2.24, 2.45) is 5.41 Å². The number of rotatable bonds is 6. The van der Waals surface area contributed by atoms with Crippen LogP contribution in [0.5, 0.6) is 0 Å². The average molecular weight is 307 g/mol. The van der Waals surface area contributed by atoms with Gasteiger partial charge < -0.3 is 20.6 Å². The van der Waals surface area contributed by atoms with Gasteiger partial charge in [-0.15, -0.1) is 0 Å². The Morgan fingerprint density at radius 1 is 1.36 bits per heavy atom.